The Hall–Kier alpha value is -1.96. The number of hydrogen-bond acceptors (Lipinski definition) is 5. The molecule has 0 aliphatic carbocycles. The highest BCUT2D eigenvalue weighted by Crippen LogP contribution is 2.23. The Bertz CT molecular complexity index is 919. The summed E-state index contributed by atoms with van der Waals surface area (Å²) in [5.41, 5.74) is 3.15. The van der Waals surface area contributed by atoms with E-state index in [1.807, 2.05) is 17.4 Å². The topological polar surface area (TPSA) is 49.6 Å². The first kappa shape index (κ1) is 19.8. The Morgan fingerprint density at radius 2 is 2.15 bits per heavy atom. The summed E-state index contributed by atoms with van der Waals surface area (Å²) < 4.78 is 2.04. The van der Waals surface area contributed by atoms with Crippen molar-refractivity contribution in [2.75, 3.05) is 19.6 Å². The van der Waals surface area contributed by atoms with Crippen LogP contribution in [-0.2, 0) is 4.79 Å². The third kappa shape index (κ3) is 4.48. The zero-order valence-electron chi connectivity index (χ0n) is 16.2. The fourth-order valence-corrected chi connectivity index (χ4v) is 4.86. The molecule has 0 saturated heterocycles. The maximum atomic E-state index is 12.4. The van der Waals surface area contributed by atoms with Crippen LogP contribution in [0.15, 0.2) is 29.1 Å². The van der Waals surface area contributed by atoms with Crippen LogP contribution in [0.1, 0.15) is 41.7 Å². The molecule has 0 aliphatic heterocycles. The number of nitrogens with one attached hydrogen (secondary N) is 1. The highest BCUT2D eigenvalue weighted by atomic mass is 32.1. The summed E-state index contributed by atoms with van der Waals surface area (Å²) in [4.78, 5) is 21.5. The van der Waals surface area contributed by atoms with Crippen molar-refractivity contribution in [1.82, 2.24) is 19.6 Å². The number of imidazole rings is 1. The number of fused-ring (bicyclic) bond motifs is 1. The summed E-state index contributed by atoms with van der Waals surface area (Å²) in [6, 6.07) is 2.34. The highest BCUT2D eigenvalue weighted by molar-refractivity contribution is 7.17. The lowest BCUT2D eigenvalue weighted by Gasteiger charge is -2.29. The second-order valence-corrected chi connectivity index (χ2v) is 8.44. The van der Waals surface area contributed by atoms with Crippen LogP contribution in [0.5, 0.6) is 0 Å². The molecule has 3 aromatic heterocycles. The van der Waals surface area contributed by atoms with Crippen LogP contribution in [0.25, 0.3) is 11.0 Å². The maximum Gasteiger partial charge on any atom is 0.244 e. The number of likely N-dealkylation sites (N-methyl/N-ethyl adjacent to an activating group) is 1. The number of thiazole rings is 1. The molecule has 5 nitrogen and oxygen atoms in total. The third-order valence-corrected chi connectivity index (χ3v) is 6.31. The summed E-state index contributed by atoms with van der Waals surface area (Å²) in [5, 5.41) is 7.32. The zero-order chi connectivity index (χ0) is 19.4. The van der Waals surface area contributed by atoms with Crippen molar-refractivity contribution in [2.45, 2.75) is 33.7 Å². The van der Waals surface area contributed by atoms with E-state index in [4.69, 9.17) is 0 Å². The molecular formula is C20H26N4OS2. The second-order valence-electron chi connectivity index (χ2n) is 6.45. The smallest absolute Gasteiger partial charge is 0.244 e. The van der Waals surface area contributed by atoms with Gasteiger partial charge in [0.2, 0.25) is 5.91 Å². The minimum absolute atomic E-state index is 0.0799. The molecule has 0 aliphatic rings. The first-order valence-corrected chi connectivity index (χ1v) is 11.0. The molecular weight excluding hydrogens is 376 g/mol. The van der Waals surface area contributed by atoms with Crippen LogP contribution in [0.2, 0.25) is 0 Å². The van der Waals surface area contributed by atoms with Gasteiger partial charge in [0.15, 0.2) is 4.96 Å². The summed E-state index contributed by atoms with van der Waals surface area (Å²) >= 11 is 3.35. The molecule has 0 saturated carbocycles. The van der Waals surface area contributed by atoms with E-state index >= 15 is 0 Å². The third-order valence-electron chi connectivity index (χ3n) is 4.71. The van der Waals surface area contributed by atoms with E-state index in [-0.39, 0.29) is 11.9 Å². The quantitative estimate of drug-likeness (QED) is 0.572. The second kappa shape index (κ2) is 8.82. The number of nitrogens with zero attached hydrogens (tertiary/aromatic N) is 3. The van der Waals surface area contributed by atoms with E-state index in [2.05, 4.69) is 59.0 Å². The number of carbonyl (C=O) groups is 1. The standard InChI is InChI=1S/C20H26N4OS2/c1-5-23(6-2)18(16-9-10-26-13-16)11-21-19(25)8-7-17-15(4)22-20-24(17)12-14(3)27-20/h7-10,12-13,18H,5-6,11H2,1-4H3,(H,21,25)/b8-7+/t18-/m0/s1. The predicted molar refractivity (Wildman–Crippen MR) is 115 cm³/mol. The van der Waals surface area contributed by atoms with Gasteiger partial charge in [-0.05, 0) is 55.4 Å². The maximum absolute atomic E-state index is 12.4. The molecule has 0 spiro atoms. The van der Waals surface area contributed by atoms with Gasteiger partial charge in [0.25, 0.3) is 0 Å². The summed E-state index contributed by atoms with van der Waals surface area (Å²) in [6.07, 6.45) is 5.52. The lowest BCUT2D eigenvalue weighted by atomic mass is 10.1. The molecule has 1 amide bonds. The van der Waals surface area contributed by atoms with Crippen molar-refractivity contribution in [3.8, 4) is 0 Å². The van der Waals surface area contributed by atoms with Crippen LogP contribution < -0.4 is 5.32 Å². The van der Waals surface area contributed by atoms with Crippen LogP contribution in [-0.4, -0.2) is 39.8 Å². The number of thiophene rings is 1. The van der Waals surface area contributed by atoms with E-state index in [0.29, 0.717) is 6.54 Å². The van der Waals surface area contributed by atoms with Crippen LogP contribution >= 0.6 is 22.7 Å². The van der Waals surface area contributed by atoms with Gasteiger partial charge in [0, 0.05) is 23.7 Å². The molecule has 3 aromatic rings. The average Bonchev–Trinajstić information content (AvgIpc) is 3.34. The van der Waals surface area contributed by atoms with Gasteiger partial charge in [-0.15, -0.1) is 11.3 Å². The van der Waals surface area contributed by atoms with Crippen LogP contribution in [0, 0.1) is 13.8 Å². The minimum atomic E-state index is -0.0799. The molecule has 144 valence electrons. The molecule has 0 unspecified atom stereocenters. The van der Waals surface area contributed by atoms with Gasteiger partial charge in [-0.2, -0.15) is 11.3 Å². The molecule has 1 atom stereocenters. The molecule has 3 heterocycles. The van der Waals surface area contributed by atoms with E-state index in [1.54, 1.807) is 28.7 Å². The number of aromatic nitrogens is 2. The summed E-state index contributed by atoms with van der Waals surface area (Å²) in [5.74, 6) is -0.0799. The number of aryl methyl sites for hydroxylation is 2. The van der Waals surface area contributed by atoms with Gasteiger partial charge < -0.3 is 5.32 Å². The first-order chi connectivity index (χ1) is 13.0. The fourth-order valence-electron chi connectivity index (χ4n) is 3.28. The number of rotatable bonds is 8. The Morgan fingerprint density at radius 3 is 2.81 bits per heavy atom. The average molecular weight is 403 g/mol. The van der Waals surface area contributed by atoms with Crippen molar-refractivity contribution >= 4 is 39.6 Å². The van der Waals surface area contributed by atoms with Crippen LogP contribution in [0.3, 0.4) is 0 Å². The van der Waals surface area contributed by atoms with Crippen LogP contribution in [0.4, 0.5) is 0 Å². The summed E-state index contributed by atoms with van der Waals surface area (Å²) in [7, 11) is 0. The summed E-state index contributed by atoms with van der Waals surface area (Å²) in [6.45, 7) is 10.8. The first-order valence-electron chi connectivity index (χ1n) is 9.20. The van der Waals surface area contributed by atoms with Gasteiger partial charge >= 0.3 is 0 Å². The van der Waals surface area contributed by atoms with Crippen molar-refractivity contribution in [1.29, 1.82) is 0 Å². The Morgan fingerprint density at radius 1 is 1.37 bits per heavy atom. The lowest BCUT2D eigenvalue weighted by Crippen LogP contribution is -2.37. The van der Waals surface area contributed by atoms with Crippen molar-refractivity contribution in [3.63, 3.8) is 0 Å². The van der Waals surface area contributed by atoms with Crippen molar-refractivity contribution in [2.24, 2.45) is 0 Å². The molecule has 27 heavy (non-hydrogen) atoms. The molecule has 3 rings (SSSR count). The lowest BCUT2D eigenvalue weighted by molar-refractivity contribution is -0.116. The molecule has 0 aromatic carbocycles. The van der Waals surface area contributed by atoms with E-state index < -0.39 is 0 Å². The Balaban J connectivity index is 1.68. The molecule has 7 heteroatoms. The fraction of sp³-hybridized carbons (Fsp3) is 0.400. The van der Waals surface area contributed by atoms with Gasteiger partial charge in [-0.3, -0.25) is 14.1 Å². The number of hydrogen-bond donors (Lipinski definition) is 1. The normalized spacial score (nSPS) is 13.1. The molecule has 1 N–H and O–H groups in total. The predicted octanol–water partition coefficient (Wildman–Crippen LogP) is 4.29. The van der Waals surface area contributed by atoms with Gasteiger partial charge in [-0.25, -0.2) is 4.98 Å². The van der Waals surface area contributed by atoms with Crippen molar-refractivity contribution in [3.05, 3.63) is 50.9 Å². The van der Waals surface area contributed by atoms with Gasteiger partial charge in [0.1, 0.15) is 0 Å². The monoisotopic (exact) mass is 402 g/mol. The van der Waals surface area contributed by atoms with Gasteiger partial charge in [-0.1, -0.05) is 13.8 Å². The molecule has 0 bridgehead atoms. The molecule has 0 fully saturated rings. The van der Waals surface area contributed by atoms with Gasteiger partial charge in [0.05, 0.1) is 17.4 Å². The number of amides is 1. The zero-order valence-corrected chi connectivity index (χ0v) is 17.9. The Kier molecular flexibility index (Phi) is 6.46. The minimum Gasteiger partial charge on any atom is -0.351 e. The van der Waals surface area contributed by atoms with E-state index in [0.717, 1.165) is 29.4 Å². The SMILES string of the molecule is CCN(CC)[C@@H](CNC(=O)/C=C/c1c(C)nc2sc(C)cn12)c1ccsc1. The van der Waals surface area contributed by atoms with Crippen molar-refractivity contribution < 1.29 is 4.79 Å². The highest BCUT2D eigenvalue weighted by Gasteiger charge is 2.18. The van der Waals surface area contributed by atoms with E-state index in [9.17, 15) is 4.79 Å². The van der Waals surface area contributed by atoms with E-state index in [1.165, 1.54) is 10.4 Å². The largest absolute Gasteiger partial charge is 0.351 e. The molecule has 0 radical (unpaired) electrons. The number of carbonyl (C=O) groups excluding carboxylic acids is 1. The Labute approximate surface area is 168 Å².